The average molecular weight is 475 g/mol. The standard InChI is InChI=1S/C21H32F6O3Si/c1-4-10-28-31(29-11-5-2,30-12-6-3)13-8-7-9-17-14-18(20(22,23)24)16-19(15-17)21(25,26)27/h14-16H,4-13H2,1-3H3. The average Bonchev–Trinajstić information content (AvgIpc) is 2.70. The first kappa shape index (κ1) is 27.9. The Balaban J connectivity index is 2.88. The third-order valence-electron chi connectivity index (χ3n) is 4.42. The van der Waals surface area contributed by atoms with Gasteiger partial charge in [-0.1, -0.05) is 20.8 Å². The Labute approximate surface area is 181 Å². The quantitative estimate of drug-likeness (QED) is 0.161. The van der Waals surface area contributed by atoms with Crippen LogP contribution in [0.4, 0.5) is 26.3 Å². The van der Waals surface area contributed by atoms with Crippen molar-refractivity contribution in [3.63, 3.8) is 0 Å². The molecule has 0 saturated heterocycles. The van der Waals surface area contributed by atoms with Gasteiger partial charge in [-0.05, 0) is 62.3 Å². The van der Waals surface area contributed by atoms with E-state index in [1.807, 2.05) is 20.8 Å². The third kappa shape index (κ3) is 9.92. The molecule has 1 aromatic rings. The van der Waals surface area contributed by atoms with Crippen molar-refractivity contribution < 1.29 is 39.6 Å². The third-order valence-corrected chi connectivity index (χ3v) is 7.32. The summed E-state index contributed by atoms with van der Waals surface area (Å²) in [6.45, 7) is 7.31. The Kier molecular flexibility index (Phi) is 11.5. The highest BCUT2D eigenvalue weighted by atomic mass is 28.4. The van der Waals surface area contributed by atoms with Gasteiger partial charge in [-0.2, -0.15) is 26.3 Å². The molecule has 1 aromatic carbocycles. The van der Waals surface area contributed by atoms with Gasteiger partial charge in [-0.3, -0.25) is 0 Å². The van der Waals surface area contributed by atoms with Gasteiger partial charge in [0.05, 0.1) is 11.1 Å². The lowest BCUT2D eigenvalue weighted by atomic mass is 10.0. The molecule has 0 N–H and O–H groups in total. The van der Waals surface area contributed by atoms with E-state index < -0.39 is 32.3 Å². The zero-order valence-corrected chi connectivity index (χ0v) is 19.3. The van der Waals surface area contributed by atoms with E-state index in [0.717, 1.165) is 31.4 Å². The largest absolute Gasteiger partial charge is 0.500 e. The first-order chi connectivity index (χ1) is 14.5. The fourth-order valence-corrected chi connectivity index (χ4v) is 5.86. The summed E-state index contributed by atoms with van der Waals surface area (Å²) >= 11 is 0. The van der Waals surface area contributed by atoms with Crippen molar-refractivity contribution in [2.75, 3.05) is 19.8 Å². The smallest absolute Gasteiger partial charge is 0.373 e. The van der Waals surface area contributed by atoms with Crippen LogP contribution in [-0.2, 0) is 32.1 Å². The van der Waals surface area contributed by atoms with E-state index in [2.05, 4.69) is 0 Å². The number of benzene rings is 1. The maximum atomic E-state index is 13.0. The van der Waals surface area contributed by atoms with E-state index in [1.165, 1.54) is 0 Å². The van der Waals surface area contributed by atoms with Crippen molar-refractivity contribution in [2.45, 2.75) is 77.7 Å². The van der Waals surface area contributed by atoms with Gasteiger partial charge in [0.1, 0.15) is 0 Å². The second kappa shape index (κ2) is 12.8. The molecular formula is C21H32F6O3Si. The highest BCUT2D eigenvalue weighted by molar-refractivity contribution is 6.60. The van der Waals surface area contributed by atoms with Crippen molar-refractivity contribution in [2.24, 2.45) is 0 Å². The molecule has 0 amide bonds. The zero-order valence-electron chi connectivity index (χ0n) is 18.3. The first-order valence-electron chi connectivity index (χ1n) is 10.7. The molecule has 0 bridgehead atoms. The van der Waals surface area contributed by atoms with Crippen LogP contribution in [0.1, 0.15) is 69.6 Å². The van der Waals surface area contributed by atoms with Crippen LogP contribution < -0.4 is 0 Å². The summed E-state index contributed by atoms with van der Waals surface area (Å²) in [4.78, 5) is 0. The Hall–Kier alpha value is -1.10. The van der Waals surface area contributed by atoms with E-state index in [9.17, 15) is 26.3 Å². The molecule has 1 rings (SSSR count). The number of aryl methyl sites for hydroxylation is 1. The van der Waals surface area contributed by atoms with Gasteiger partial charge in [-0.25, -0.2) is 0 Å². The summed E-state index contributed by atoms with van der Waals surface area (Å²) < 4.78 is 96.0. The topological polar surface area (TPSA) is 27.7 Å². The van der Waals surface area contributed by atoms with Crippen molar-refractivity contribution in [1.29, 1.82) is 0 Å². The van der Waals surface area contributed by atoms with Crippen molar-refractivity contribution in [1.82, 2.24) is 0 Å². The van der Waals surface area contributed by atoms with E-state index in [4.69, 9.17) is 13.3 Å². The molecule has 0 spiro atoms. The number of rotatable bonds is 14. The second-order valence-corrected chi connectivity index (χ2v) is 10.1. The molecule has 0 aromatic heterocycles. The molecule has 0 atom stereocenters. The maximum Gasteiger partial charge on any atom is 0.500 e. The van der Waals surface area contributed by atoms with Crippen LogP contribution >= 0.6 is 0 Å². The lowest BCUT2D eigenvalue weighted by molar-refractivity contribution is -0.143. The van der Waals surface area contributed by atoms with Crippen LogP contribution in [0.25, 0.3) is 0 Å². The molecule has 0 unspecified atom stereocenters. The van der Waals surface area contributed by atoms with Gasteiger partial charge in [0.15, 0.2) is 0 Å². The number of hydrogen-bond donors (Lipinski definition) is 0. The van der Waals surface area contributed by atoms with Crippen LogP contribution in [0.3, 0.4) is 0 Å². The fourth-order valence-electron chi connectivity index (χ4n) is 2.95. The molecule has 31 heavy (non-hydrogen) atoms. The van der Waals surface area contributed by atoms with E-state index in [1.54, 1.807) is 0 Å². The fraction of sp³-hybridized carbons (Fsp3) is 0.714. The second-order valence-electron chi connectivity index (χ2n) is 7.35. The molecule has 0 aliphatic rings. The SMILES string of the molecule is CCCO[Si](CCCCc1cc(C(F)(F)F)cc(C(F)(F)F)c1)(OCCC)OCCC. The molecule has 0 radical (unpaired) electrons. The summed E-state index contributed by atoms with van der Waals surface area (Å²) in [5, 5.41) is 0. The highest BCUT2D eigenvalue weighted by Gasteiger charge is 2.40. The molecule has 10 heteroatoms. The number of alkyl halides is 6. The summed E-state index contributed by atoms with van der Waals surface area (Å²) in [6, 6.07) is 2.19. The van der Waals surface area contributed by atoms with E-state index in [-0.39, 0.29) is 18.1 Å². The van der Waals surface area contributed by atoms with E-state index in [0.29, 0.717) is 38.7 Å². The van der Waals surface area contributed by atoms with Crippen molar-refractivity contribution in [3.05, 3.63) is 34.9 Å². The van der Waals surface area contributed by atoms with Crippen LogP contribution in [0.15, 0.2) is 18.2 Å². The first-order valence-corrected chi connectivity index (χ1v) is 12.6. The summed E-state index contributed by atoms with van der Waals surface area (Å²) in [6.07, 6.45) is -6.33. The Morgan fingerprint density at radius 1 is 0.677 bits per heavy atom. The molecule has 0 aliphatic heterocycles. The monoisotopic (exact) mass is 474 g/mol. The van der Waals surface area contributed by atoms with Gasteiger partial charge in [-0.15, -0.1) is 0 Å². The van der Waals surface area contributed by atoms with E-state index >= 15 is 0 Å². The number of halogens is 6. The summed E-state index contributed by atoms with van der Waals surface area (Å²) in [5.41, 5.74) is -2.57. The lowest BCUT2D eigenvalue weighted by Gasteiger charge is -2.29. The normalized spacial score (nSPS) is 13.1. The molecule has 0 aliphatic carbocycles. The predicted molar refractivity (Wildman–Crippen MR) is 109 cm³/mol. The molecular weight excluding hydrogens is 442 g/mol. The van der Waals surface area contributed by atoms with Crippen LogP contribution in [0.2, 0.25) is 6.04 Å². The zero-order chi connectivity index (χ0) is 23.5. The Morgan fingerprint density at radius 2 is 1.10 bits per heavy atom. The van der Waals surface area contributed by atoms with Crippen LogP contribution in [0, 0.1) is 0 Å². The minimum atomic E-state index is -4.84. The summed E-state index contributed by atoms with van der Waals surface area (Å²) in [7, 11) is -2.94. The number of hydrogen-bond acceptors (Lipinski definition) is 3. The molecule has 0 heterocycles. The molecule has 180 valence electrons. The van der Waals surface area contributed by atoms with Crippen LogP contribution in [0.5, 0.6) is 0 Å². The molecule has 0 saturated carbocycles. The van der Waals surface area contributed by atoms with Gasteiger partial charge in [0.2, 0.25) is 0 Å². The van der Waals surface area contributed by atoms with Crippen molar-refractivity contribution >= 4 is 8.80 Å². The minimum absolute atomic E-state index is 0.00727. The molecule has 3 nitrogen and oxygen atoms in total. The predicted octanol–water partition coefficient (Wildman–Crippen LogP) is 7.27. The Bertz CT molecular complexity index is 595. The van der Waals surface area contributed by atoms with Gasteiger partial charge in [0.25, 0.3) is 0 Å². The Morgan fingerprint density at radius 3 is 1.45 bits per heavy atom. The lowest BCUT2D eigenvalue weighted by Crippen LogP contribution is -2.46. The maximum absolute atomic E-state index is 13.0. The molecule has 0 fully saturated rings. The van der Waals surface area contributed by atoms with Gasteiger partial charge < -0.3 is 13.3 Å². The highest BCUT2D eigenvalue weighted by Crippen LogP contribution is 2.36. The van der Waals surface area contributed by atoms with Gasteiger partial charge >= 0.3 is 21.2 Å². The minimum Gasteiger partial charge on any atom is -0.373 e. The number of unbranched alkanes of at least 4 members (excludes halogenated alkanes) is 1. The van der Waals surface area contributed by atoms with Gasteiger partial charge in [0, 0.05) is 25.9 Å². The summed E-state index contributed by atoms with van der Waals surface area (Å²) in [5.74, 6) is 0. The van der Waals surface area contributed by atoms with Crippen molar-refractivity contribution in [3.8, 4) is 0 Å². The van der Waals surface area contributed by atoms with Crippen LogP contribution in [-0.4, -0.2) is 28.6 Å².